The standard InChI is InChI=1S/C7H5Cl2.BrH.Mg/c1-5-4-6(8)2-3-7(5)9;;/h2-4H,1H2;1H;/q;;+1/p-1. The lowest BCUT2D eigenvalue weighted by atomic mass is 10.2. The van der Waals surface area contributed by atoms with Gasteiger partial charge in [0.15, 0.2) is 0 Å². The maximum atomic E-state index is 5.92. The van der Waals surface area contributed by atoms with Gasteiger partial charge in [0, 0.05) is 10.0 Å². The van der Waals surface area contributed by atoms with Crippen LogP contribution in [0.5, 0.6) is 0 Å². The van der Waals surface area contributed by atoms with Crippen LogP contribution in [0.1, 0.15) is 5.56 Å². The molecular weight excluding hydrogens is 259 g/mol. The van der Waals surface area contributed by atoms with E-state index in [1.165, 1.54) is 0 Å². The van der Waals surface area contributed by atoms with E-state index in [4.69, 9.17) is 23.2 Å². The lowest BCUT2D eigenvalue weighted by molar-refractivity contribution is 1.40. The van der Waals surface area contributed by atoms with Gasteiger partial charge < -0.3 is 12.9 Å². The fraction of sp³-hybridized carbons (Fsp3) is 0.143. The lowest BCUT2D eigenvalue weighted by Gasteiger charge is -2.00. The summed E-state index contributed by atoms with van der Waals surface area (Å²) >= 11 is 15.0. The Kier molecular flexibility index (Phi) is 4.53. The largest absolute Gasteiger partial charge is 0.473 e. The van der Waals surface area contributed by atoms with E-state index in [9.17, 15) is 0 Å². The summed E-state index contributed by atoms with van der Waals surface area (Å²) in [5.41, 5.74) is 1.16. The first kappa shape index (κ1) is 10.1. The maximum Gasteiger partial charge on any atom is 0.473 e. The monoisotopic (exact) mass is 262 g/mol. The molecule has 0 atom stereocenters. The number of hydrogen-bond acceptors (Lipinski definition) is 0. The van der Waals surface area contributed by atoms with E-state index in [1.807, 2.05) is 18.2 Å². The molecule has 0 bridgehead atoms. The van der Waals surface area contributed by atoms with Crippen LogP contribution in [-0.4, -0.2) is 18.2 Å². The molecule has 0 amide bonds. The molecule has 0 aromatic heterocycles. The van der Waals surface area contributed by atoms with Crippen molar-refractivity contribution in [3.8, 4) is 0 Å². The van der Waals surface area contributed by atoms with Gasteiger partial charge in [-0.15, -0.1) is 4.55 Å². The second-order valence-corrected chi connectivity index (χ2v) is 6.28. The number of benzene rings is 1. The second kappa shape index (κ2) is 4.92. The van der Waals surface area contributed by atoms with Crippen LogP contribution >= 0.6 is 36.1 Å². The van der Waals surface area contributed by atoms with Gasteiger partial charge in [0.25, 0.3) is 0 Å². The van der Waals surface area contributed by atoms with Gasteiger partial charge >= 0.3 is 18.2 Å². The average molecular weight is 264 g/mol. The number of hydrogen-bond donors (Lipinski definition) is 0. The molecule has 0 spiro atoms. The summed E-state index contributed by atoms with van der Waals surface area (Å²) in [6, 6.07) is 5.58. The van der Waals surface area contributed by atoms with Crippen molar-refractivity contribution in [3.05, 3.63) is 33.8 Å². The zero-order valence-electron chi connectivity index (χ0n) is 5.78. The van der Waals surface area contributed by atoms with Crippen LogP contribution in [0.2, 0.25) is 10.0 Å². The first-order chi connectivity index (χ1) is 5.24. The topological polar surface area (TPSA) is 0 Å². The average Bonchev–Trinajstić information content (AvgIpc) is 1.98. The molecule has 0 N–H and O–H groups in total. The quantitative estimate of drug-likeness (QED) is 0.717. The Labute approximate surface area is 91.9 Å². The molecule has 0 fully saturated rings. The Hall–Kier alpha value is 1.05. The Bertz CT molecular complexity index is 252. The summed E-state index contributed by atoms with van der Waals surface area (Å²) in [6.45, 7) is 0. The first-order valence-electron chi connectivity index (χ1n) is 3.24. The zero-order valence-corrected chi connectivity index (χ0v) is 10.3. The van der Waals surface area contributed by atoms with Crippen LogP contribution in [0, 0.1) is 0 Å². The van der Waals surface area contributed by atoms with Crippen molar-refractivity contribution in [2.45, 2.75) is 4.55 Å². The van der Waals surface area contributed by atoms with Gasteiger partial charge in [-0.25, -0.2) is 0 Å². The van der Waals surface area contributed by atoms with E-state index in [0.29, 0.717) is 0 Å². The van der Waals surface area contributed by atoms with Crippen molar-refractivity contribution in [2.24, 2.45) is 0 Å². The number of halogens is 3. The molecule has 56 valence electrons. The molecule has 11 heavy (non-hydrogen) atoms. The minimum absolute atomic E-state index is 0.152. The molecule has 0 saturated carbocycles. The highest BCUT2D eigenvalue weighted by atomic mass is 79.9. The molecule has 0 radical (unpaired) electrons. The summed E-state index contributed by atoms with van der Waals surface area (Å²) in [7, 11) is 0. The molecule has 0 heterocycles. The summed E-state index contributed by atoms with van der Waals surface area (Å²) < 4.78 is 1.05. The highest BCUT2D eigenvalue weighted by molar-refractivity contribution is 9.23. The van der Waals surface area contributed by atoms with Crippen LogP contribution < -0.4 is 0 Å². The Morgan fingerprint density at radius 1 is 1.36 bits per heavy atom. The van der Waals surface area contributed by atoms with Crippen LogP contribution in [-0.2, 0) is 4.55 Å². The van der Waals surface area contributed by atoms with Crippen LogP contribution in [0.15, 0.2) is 18.2 Å². The van der Waals surface area contributed by atoms with Gasteiger partial charge in [-0.3, -0.25) is 0 Å². The molecule has 0 aliphatic rings. The van der Waals surface area contributed by atoms with Crippen molar-refractivity contribution >= 4 is 54.3 Å². The number of rotatable bonds is 2. The highest BCUT2D eigenvalue weighted by Gasteiger charge is 2.01. The van der Waals surface area contributed by atoms with E-state index >= 15 is 0 Å². The fourth-order valence-electron chi connectivity index (χ4n) is 0.837. The van der Waals surface area contributed by atoms with E-state index in [-0.39, 0.29) is 18.2 Å². The van der Waals surface area contributed by atoms with Gasteiger partial charge in [0.1, 0.15) is 0 Å². The molecule has 0 aliphatic carbocycles. The molecule has 4 heteroatoms. The van der Waals surface area contributed by atoms with Crippen molar-refractivity contribution in [3.63, 3.8) is 0 Å². The van der Waals surface area contributed by atoms with E-state index in [1.54, 1.807) is 0 Å². The van der Waals surface area contributed by atoms with Gasteiger partial charge in [0.05, 0.1) is 0 Å². The van der Waals surface area contributed by atoms with Crippen LogP contribution in [0.3, 0.4) is 0 Å². The first-order valence-corrected chi connectivity index (χ1v) is 8.89. The molecule has 1 aromatic carbocycles. The van der Waals surface area contributed by atoms with E-state index in [0.717, 1.165) is 20.2 Å². The van der Waals surface area contributed by atoms with E-state index < -0.39 is 0 Å². The predicted molar refractivity (Wildman–Crippen MR) is 54.8 cm³/mol. The molecule has 1 rings (SSSR count). The van der Waals surface area contributed by atoms with Crippen molar-refractivity contribution in [2.75, 3.05) is 0 Å². The predicted octanol–water partition coefficient (Wildman–Crippen LogP) is 3.51. The zero-order chi connectivity index (χ0) is 8.27. The third-order valence-electron chi connectivity index (χ3n) is 1.37. The second-order valence-electron chi connectivity index (χ2n) is 2.17. The van der Waals surface area contributed by atoms with Crippen molar-refractivity contribution in [1.82, 2.24) is 0 Å². The normalized spacial score (nSPS) is 9.36. The summed E-state index contributed by atoms with van der Waals surface area (Å²) in [5.74, 6) is 0. The van der Waals surface area contributed by atoms with Gasteiger partial charge in [0.2, 0.25) is 0 Å². The Morgan fingerprint density at radius 2 is 2.09 bits per heavy atom. The minimum Gasteiger partial charge on any atom is -0.306 e. The van der Waals surface area contributed by atoms with Crippen molar-refractivity contribution in [1.29, 1.82) is 0 Å². The molecule has 0 saturated heterocycles. The SMILES string of the molecule is Clc1ccc(Cl)c([CH2][Mg][Br])c1. The minimum atomic E-state index is -0.152. The smallest absolute Gasteiger partial charge is 0.306 e. The molecule has 0 aliphatic heterocycles. The summed E-state index contributed by atoms with van der Waals surface area (Å²) in [4.78, 5) is 0. The van der Waals surface area contributed by atoms with Gasteiger partial charge in [-0.1, -0.05) is 28.8 Å². The van der Waals surface area contributed by atoms with Crippen molar-refractivity contribution < 1.29 is 0 Å². The third-order valence-corrected chi connectivity index (χ3v) is 3.89. The van der Waals surface area contributed by atoms with Crippen LogP contribution in [0.25, 0.3) is 0 Å². The molecule has 1 aromatic rings. The Morgan fingerprint density at radius 3 is 2.73 bits per heavy atom. The third kappa shape index (κ3) is 3.11. The molecular formula is C7H5BrCl2Mg. The maximum absolute atomic E-state index is 5.92. The Balaban J connectivity index is 2.93. The van der Waals surface area contributed by atoms with Gasteiger partial charge in [-0.05, 0) is 18.2 Å². The highest BCUT2D eigenvalue weighted by Crippen LogP contribution is 2.20. The lowest BCUT2D eigenvalue weighted by Crippen LogP contribution is -1.89. The molecule has 0 nitrogen and oxygen atoms in total. The van der Waals surface area contributed by atoms with Crippen LogP contribution in [0.4, 0.5) is 0 Å². The van der Waals surface area contributed by atoms with E-state index in [2.05, 4.69) is 12.9 Å². The fourth-order valence-corrected chi connectivity index (χ4v) is 3.30. The summed E-state index contributed by atoms with van der Waals surface area (Å²) in [5, 5.41) is 1.58. The summed E-state index contributed by atoms with van der Waals surface area (Å²) in [6.07, 6.45) is 0. The molecule has 0 unspecified atom stereocenters. The van der Waals surface area contributed by atoms with Gasteiger partial charge in [-0.2, -0.15) is 0 Å².